The van der Waals surface area contributed by atoms with Crippen LogP contribution in [0.4, 0.5) is 43.9 Å². The fraction of sp³-hybridized carbons (Fsp3) is 0.429. The van der Waals surface area contributed by atoms with E-state index in [0.717, 1.165) is 0 Å². The van der Waals surface area contributed by atoms with Gasteiger partial charge in [0.05, 0.1) is 0 Å². The summed E-state index contributed by atoms with van der Waals surface area (Å²) in [6.45, 7) is 0. The summed E-state index contributed by atoms with van der Waals surface area (Å²) in [6, 6.07) is 0. The van der Waals surface area contributed by atoms with Crippen molar-refractivity contribution in [2.75, 3.05) is 0 Å². The van der Waals surface area contributed by atoms with Gasteiger partial charge in [0.2, 0.25) is 5.83 Å². The summed E-state index contributed by atoms with van der Waals surface area (Å²) < 4.78 is 123. The minimum Gasteiger partial charge on any atom is -0.218 e. The molecule has 0 bridgehead atoms. The molecule has 1 aliphatic rings. The molecule has 1 atom stereocenters. The van der Waals surface area contributed by atoms with Crippen LogP contribution in [0.1, 0.15) is 0 Å². The van der Waals surface area contributed by atoms with Crippen molar-refractivity contribution in [3.63, 3.8) is 0 Å². The Balaban J connectivity index is 3.66. The lowest BCUT2D eigenvalue weighted by Crippen LogP contribution is -2.58. The fourth-order valence-corrected chi connectivity index (χ4v) is 1.07. The highest BCUT2D eigenvalue weighted by Gasteiger charge is 2.79. The molecule has 0 aliphatic heterocycles. The first-order valence-electron chi connectivity index (χ1n) is 3.64. The van der Waals surface area contributed by atoms with Gasteiger partial charge in [0.15, 0.2) is 17.5 Å². The third kappa shape index (κ3) is 1.45. The zero-order chi connectivity index (χ0) is 13.8. The van der Waals surface area contributed by atoms with Gasteiger partial charge in [0, 0.05) is 0 Å². The summed E-state index contributed by atoms with van der Waals surface area (Å²) >= 11 is 0. The minimum absolute atomic E-state index is 3.20. The van der Waals surface area contributed by atoms with E-state index >= 15 is 0 Å². The van der Waals surface area contributed by atoms with Crippen molar-refractivity contribution in [3.8, 4) is 0 Å². The molecule has 0 saturated carbocycles. The van der Waals surface area contributed by atoms with Gasteiger partial charge in [0.25, 0.3) is 0 Å². The van der Waals surface area contributed by atoms with Gasteiger partial charge in [-0.05, 0) is 0 Å². The standard InChI is InChI=1S/C7F10/c8-1-2(9)4(11)6(13,14)5(12,3(1)10)7(15,16)17. The first-order valence-corrected chi connectivity index (χ1v) is 3.64. The summed E-state index contributed by atoms with van der Waals surface area (Å²) in [5.74, 6) is -20.1. The van der Waals surface area contributed by atoms with Gasteiger partial charge in [-0.1, -0.05) is 0 Å². The molecule has 0 amide bonds. The smallest absolute Gasteiger partial charge is 0.218 e. The number of rotatable bonds is 0. The summed E-state index contributed by atoms with van der Waals surface area (Å²) in [5, 5.41) is 0. The summed E-state index contributed by atoms with van der Waals surface area (Å²) in [6.07, 6.45) is -6.67. The third-order valence-electron chi connectivity index (χ3n) is 1.98. The molecule has 10 heteroatoms. The van der Waals surface area contributed by atoms with Crippen LogP contribution in [0.25, 0.3) is 0 Å². The predicted molar refractivity (Wildman–Crippen MR) is 33.3 cm³/mol. The maximum absolute atomic E-state index is 12.9. The van der Waals surface area contributed by atoms with Crippen LogP contribution < -0.4 is 0 Å². The van der Waals surface area contributed by atoms with Crippen molar-refractivity contribution < 1.29 is 43.9 Å². The molecule has 98 valence electrons. The van der Waals surface area contributed by atoms with Crippen molar-refractivity contribution in [3.05, 3.63) is 23.3 Å². The molecule has 0 aromatic rings. The van der Waals surface area contributed by atoms with E-state index in [1.165, 1.54) is 0 Å². The van der Waals surface area contributed by atoms with Crippen LogP contribution >= 0.6 is 0 Å². The zero-order valence-corrected chi connectivity index (χ0v) is 7.28. The molecule has 0 radical (unpaired) electrons. The highest BCUT2D eigenvalue weighted by atomic mass is 19.4. The van der Waals surface area contributed by atoms with Crippen molar-refractivity contribution in [1.82, 2.24) is 0 Å². The molecule has 0 aromatic heterocycles. The second-order valence-corrected chi connectivity index (χ2v) is 2.99. The maximum atomic E-state index is 12.9. The Bertz CT molecular complexity index is 413. The maximum Gasteiger partial charge on any atom is 0.435 e. The van der Waals surface area contributed by atoms with E-state index in [4.69, 9.17) is 0 Å². The Kier molecular flexibility index (Phi) is 2.76. The van der Waals surface area contributed by atoms with Crippen LogP contribution in [-0.4, -0.2) is 17.8 Å². The molecule has 0 nitrogen and oxygen atoms in total. The second kappa shape index (κ2) is 3.39. The first-order chi connectivity index (χ1) is 7.39. The lowest BCUT2D eigenvalue weighted by atomic mass is 9.89. The topological polar surface area (TPSA) is 0 Å². The first kappa shape index (κ1) is 13.8. The molecule has 0 saturated heterocycles. The van der Waals surface area contributed by atoms with Gasteiger partial charge in [0.1, 0.15) is 0 Å². The van der Waals surface area contributed by atoms with Gasteiger partial charge >= 0.3 is 17.8 Å². The molecule has 1 aliphatic carbocycles. The quantitative estimate of drug-likeness (QED) is 0.580. The van der Waals surface area contributed by atoms with E-state index in [9.17, 15) is 43.9 Å². The molecule has 0 N–H and O–H groups in total. The van der Waals surface area contributed by atoms with Crippen molar-refractivity contribution >= 4 is 0 Å². The SMILES string of the molecule is FC1=C(F)C(F)(F)C(F)(C(F)(F)F)C(F)=C1F. The largest absolute Gasteiger partial charge is 0.435 e. The monoisotopic (exact) mass is 274 g/mol. The van der Waals surface area contributed by atoms with Gasteiger partial charge in [-0.15, -0.1) is 0 Å². The van der Waals surface area contributed by atoms with Crippen LogP contribution in [0.2, 0.25) is 0 Å². The van der Waals surface area contributed by atoms with Crippen molar-refractivity contribution in [2.24, 2.45) is 0 Å². The number of halogens is 10. The third-order valence-corrected chi connectivity index (χ3v) is 1.98. The minimum atomic E-state index is -6.67. The predicted octanol–water partition coefficient (Wildman–Crippen LogP) is 4.21. The highest BCUT2D eigenvalue weighted by molar-refractivity contribution is 5.42. The van der Waals surface area contributed by atoms with E-state index in [1.54, 1.807) is 0 Å². The molecular formula is C7F10. The Morgan fingerprint density at radius 2 is 1.06 bits per heavy atom. The Morgan fingerprint density at radius 3 is 1.41 bits per heavy atom. The number of alkyl halides is 6. The molecule has 17 heavy (non-hydrogen) atoms. The average molecular weight is 274 g/mol. The normalized spacial score (nSPS) is 30.0. The van der Waals surface area contributed by atoms with Crippen molar-refractivity contribution in [1.29, 1.82) is 0 Å². The van der Waals surface area contributed by atoms with E-state index < -0.39 is 41.1 Å². The second-order valence-electron chi connectivity index (χ2n) is 2.99. The molecule has 1 unspecified atom stereocenters. The van der Waals surface area contributed by atoms with Crippen molar-refractivity contribution in [2.45, 2.75) is 17.8 Å². The number of hydrogen-bond acceptors (Lipinski definition) is 0. The van der Waals surface area contributed by atoms with Crippen LogP contribution in [0.15, 0.2) is 23.3 Å². The lowest BCUT2D eigenvalue weighted by Gasteiger charge is -2.34. The average Bonchev–Trinajstić information content (AvgIpc) is 2.20. The lowest BCUT2D eigenvalue weighted by molar-refractivity contribution is -0.287. The molecule has 1 rings (SSSR count). The van der Waals surface area contributed by atoms with Crippen LogP contribution in [0, 0.1) is 0 Å². The fourth-order valence-electron chi connectivity index (χ4n) is 1.07. The number of allylic oxidation sites excluding steroid dienone is 4. The van der Waals surface area contributed by atoms with Gasteiger partial charge in [-0.2, -0.15) is 22.0 Å². The molecule has 0 aromatic carbocycles. The molecule has 0 heterocycles. The summed E-state index contributed by atoms with van der Waals surface area (Å²) in [5.41, 5.74) is -6.27. The molecular weight excluding hydrogens is 274 g/mol. The summed E-state index contributed by atoms with van der Waals surface area (Å²) in [7, 11) is 0. The van der Waals surface area contributed by atoms with Gasteiger partial charge < -0.3 is 0 Å². The zero-order valence-electron chi connectivity index (χ0n) is 7.28. The Morgan fingerprint density at radius 1 is 0.706 bits per heavy atom. The van der Waals surface area contributed by atoms with Crippen LogP contribution in [0.3, 0.4) is 0 Å². The van der Waals surface area contributed by atoms with Gasteiger partial charge in [-0.25, -0.2) is 22.0 Å². The molecule has 0 fully saturated rings. The number of hydrogen-bond donors (Lipinski definition) is 0. The van der Waals surface area contributed by atoms with E-state index in [-0.39, 0.29) is 0 Å². The van der Waals surface area contributed by atoms with E-state index in [2.05, 4.69) is 0 Å². The Hall–Kier alpha value is -1.22. The van der Waals surface area contributed by atoms with E-state index in [0.29, 0.717) is 0 Å². The van der Waals surface area contributed by atoms with Crippen LogP contribution in [0.5, 0.6) is 0 Å². The van der Waals surface area contributed by atoms with Crippen LogP contribution in [-0.2, 0) is 0 Å². The van der Waals surface area contributed by atoms with Gasteiger partial charge in [-0.3, -0.25) is 0 Å². The Labute approximate surface area is 86.2 Å². The highest BCUT2D eigenvalue weighted by Crippen LogP contribution is 2.58. The summed E-state index contributed by atoms with van der Waals surface area (Å²) in [4.78, 5) is 0. The van der Waals surface area contributed by atoms with E-state index in [1.807, 2.05) is 0 Å². The molecule has 0 spiro atoms.